The summed E-state index contributed by atoms with van der Waals surface area (Å²) in [5.41, 5.74) is 4.90. The second-order valence-electron chi connectivity index (χ2n) is 3.71. The summed E-state index contributed by atoms with van der Waals surface area (Å²) in [7, 11) is 0. The van der Waals surface area contributed by atoms with Gasteiger partial charge in [0.1, 0.15) is 0 Å². The van der Waals surface area contributed by atoms with E-state index < -0.39 is 42.7 Å². The van der Waals surface area contributed by atoms with Gasteiger partial charge in [-0.25, -0.2) is 8.78 Å². The highest BCUT2D eigenvalue weighted by Crippen LogP contribution is 2.48. The number of hydrogen-bond acceptors (Lipinski definition) is 2. The zero-order chi connectivity index (χ0) is 15.6. The molecule has 0 aromatic carbocycles. The summed E-state index contributed by atoms with van der Waals surface area (Å²) in [6.45, 7) is -1.23. The molecule has 0 aliphatic heterocycles. The summed E-state index contributed by atoms with van der Waals surface area (Å²) in [5, 5.41) is 1.17. The highest BCUT2D eigenvalue weighted by atomic mass is 19.4. The number of alkyl halides is 8. The number of carbonyl (C=O) groups excluding carboxylic acids is 1. The number of carbonyl (C=O) groups is 1. The van der Waals surface area contributed by atoms with Crippen LogP contribution in [0.2, 0.25) is 0 Å². The van der Waals surface area contributed by atoms with Gasteiger partial charge in [0.25, 0.3) is 0 Å². The van der Waals surface area contributed by atoms with Crippen LogP contribution in [0.15, 0.2) is 0 Å². The van der Waals surface area contributed by atoms with Crippen LogP contribution in [0, 0.1) is 0 Å². The van der Waals surface area contributed by atoms with Crippen molar-refractivity contribution in [2.75, 3.05) is 6.54 Å². The number of rotatable bonds is 6. The molecule has 0 aliphatic carbocycles. The molecule has 0 saturated heterocycles. The zero-order valence-electron chi connectivity index (χ0n) is 9.37. The van der Waals surface area contributed by atoms with Crippen molar-refractivity contribution >= 4 is 5.91 Å². The third-order valence-corrected chi connectivity index (χ3v) is 2.05. The number of nitrogens with two attached hydrogens (primary N) is 1. The molecule has 1 amide bonds. The van der Waals surface area contributed by atoms with Crippen LogP contribution in [-0.4, -0.2) is 42.7 Å². The summed E-state index contributed by atoms with van der Waals surface area (Å²) >= 11 is 0. The number of amides is 1. The van der Waals surface area contributed by atoms with Crippen LogP contribution in [0.1, 0.15) is 6.92 Å². The molecule has 0 aromatic heterocycles. The Kier molecular flexibility index (Phi) is 5.14. The molecule has 0 aromatic rings. The third kappa shape index (κ3) is 3.45. The van der Waals surface area contributed by atoms with E-state index in [4.69, 9.17) is 5.73 Å². The van der Waals surface area contributed by atoms with Crippen molar-refractivity contribution in [3.63, 3.8) is 0 Å². The van der Waals surface area contributed by atoms with Crippen molar-refractivity contribution in [3.8, 4) is 0 Å². The van der Waals surface area contributed by atoms with E-state index in [9.17, 15) is 39.9 Å². The Hall–Kier alpha value is -1.13. The van der Waals surface area contributed by atoms with E-state index in [1.54, 1.807) is 0 Å². The Morgan fingerprint density at radius 2 is 1.58 bits per heavy atom. The standard InChI is InChI=1S/C8H10F8N2O/c1-3(17)4(19)18-2-6(11,12)8(15,16)7(13,14)5(9)10/h3,5H,2,17H2,1H3,(H,18,19)/t3-/m0/s1. The van der Waals surface area contributed by atoms with E-state index in [0.717, 1.165) is 6.92 Å². The van der Waals surface area contributed by atoms with E-state index in [-0.39, 0.29) is 0 Å². The fourth-order valence-corrected chi connectivity index (χ4v) is 0.851. The molecule has 0 fully saturated rings. The zero-order valence-corrected chi connectivity index (χ0v) is 9.37. The first kappa shape index (κ1) is 17.9. The van der Waals surface area contributed by atoms with Gasteiger partial charge in [0.2, 0.25) is 5.91 Å². The molecule has 0 rings (SSSR count). The van der Waals surface area contributed by atoms with Gasteiger partial charge < -0.3 is 11.1 Å². The highest BCUT2D eigenvalue weighted by Gasteiger charge is 2.75. The summed E-state index contributed by atoms with van der Waals surface area (Å²) in [5.74, 6) is -19.5. The second-order valence-corrected chi connectivity index (χ2v) is 3.71. The first-order chi connectivity index (χ1) is 8.27. The summed E-state index contributed by atoms with van der Waals surface area (Å²) in [6, 6.07) is -1.36. The monoisotopic (exact) mass is 302 g/mol. The number of nitrogens with one attached hydrogen (secondary N) is 1. The molecule has 19 heavy (non-hydrogen) atoms. The fourth-order valence-electron chi connectivity index (χ4n) is 0.851. The van der Waals surface area contributed by atoms with Crippen molar-refractivity contribution < 1.29 is 39.9 Å². The maximum Gasteiger partial charge on any atom is 0.379 e. The molecule has 11 heteroatoms. The Morgan fingerprint density at radius 1 is 1.16 bits per heavy atom. The van der Waals surface area contributed by atoms with Crippen LogP contribution in [-0.2, 0) is 4.79 Å². The van der Waals surface area contributed by atoms with E-state index in [0.29, 0.717) is 0 Å². The summed E-state index contributed by atoms with van der Waals surface area (Å²) in [6.07, 6.45) is -4.99. The average Bonchev–Trinajstić information content (AvgIpc) is 2.24. The van der Waals surface area contributed by atoms with Crippen LogP contribution < -0.4 is 11.1 Å². The summed E-state index contributed by atoms with van der Waals surface area (Å²) < 4.78 is 99.3. The number of halogens is 8. The van der Waals surface area contributed by atoms with E-state index in [1.165, 1.54) is 5.32 Å². The largest absolute Gasteiger partial charge is 0.379 e. The normalized spacial score (nSPS) is 15.5. The lowest BCUT2D eigenvalue weighted by molar-refractivity contribution is -0.336. The molecule has 0 radical (unpaired) electrons. The number of hydrogen-bond donors (Lipinski definition) is 2. The van der Waals surface area contributed by atoms with Gasteiger partial charge in [-0.3, -0.25) is 4.79 Å². The third-order valence-electron chi connectivity index (χ3n) is 2.05. The molecule has 0 aliphatic rings. The Labute approximate surface area is 102 Å². The Morgan fingerprint density at radius 3 is 1.89 bits per heavy atom. The molecule has 0 saturated carbocycles. The van der Waals surface area contributed by atoms with Crippen LogP contribution in [0.4, 0.5) is 35.1 Å². The Balaban J connectivity index is 5.03. The maximum absolute atomic E-state index is 12.9. The fraction of sp³-hybridized carbons (Fsp3) is 0.875. The molecule has 0 heterocycles. The van der Waals surface area contributed by atoms with Crippen LogP contribution in [0.3, 0.4) is 0 Å². The first-order valence-electron chi connectivity index (χ1n) is 4.72. The Bertz CT molecular complexity index is 331. The minimum atomic E-state index is -6.33. The molecule has 114 valence electrons. The molecule has 0 unspecified atom stereocenters. The SMILES string of the molecule is C[C@H](N)C(=O)NCC(F)(F)C(F)(F)C(F)(F)C(F)F. The van der Waals surface area contributed by atoms with Crippen molar-refractivity contribution in [2.24, 2.45) is 5.73 Å². The molecular formula is C8H10F8N2O. The quantitative estimate of drug-likeness (QED) is 0.733. The van der Waals surface area contributed by atoms with Crippen LogP contribution >= 0.6 is 0 Å². The topological polar surface area (TPSA) is 55.1 Å². The molecule has 0 spiro atoms. The molecular weight excluding hydrogens is 292 g/mol. The molecule has 0 bridgehead atoms. The molecule has 1 atom stereocenters. The van der Waals surface area contributed by atoms with Gasteiger partial charge in [0.05, 0.1) is 12.6 Å². The summed E-state index contributed by atoms with van der Waals surface area (Å²) in [4.78, 5) is 10.8. The van der Waals surface area contributed by atoms with Crippen LogP contribution in [0.25, 0.3) is 0 Å². The van der Waals surface area contributed by atoms with Crippen molar-refractivity contribution in [3.05, 3.63) is 0 Å². The predicted molar refractivity (Wildman–Crippen MR) is 47.5 cm³/mol. The van der Waals surface area contributed by atoms with Crippen LogP contribution in [0.5, 0.6) is 0 Å². The van der Waals surface area contributed by atoms with Crippen molar-refractivity contribution in [1.29, 1.82) is 0 Å². The predicted octanol–water partition coefficient (Wildman–Crippen LogP) is 1.62. The van der Waals surface area contributed by atoms with Crippen molar-refractivity contribution in [1.82, 2.24) is 5.32 Å². The lowest BCUT2D eigenvalue weighted by Gasteiger charge is -2.32. The van der Waals surface area contributed by atoms with Crippen molar-refractivity contribution in [2.45, 2.75) is 37.2 Å². The van der Waals surface area contributed by atoms with Gasteiger partial charge in [-0.2, -0.15) is 26.3 Å². The maximum atomic E-state index is 12.9. The van der Waals surface area contributed by atoms with Gasteiger partial charge in [-0.1, -0.05) is 0 Å². The second kappa shape index (κ2) is 5.47. The van der Waals surface area contributed by atoms with Gasteiger partial charge in [-0.15, -0.1) is 0 Å². The lowest BCUT2D eigenvalue weighted by atomic mass is 10.0. The van der Waals surface area contributed by atoms with Gasteiger partial charge in [0.15, 0.2) is 0 Å². The first-order valence-corrected chi connectivity index (χ1v) is 4.72. The average molecular weight is 302 g/mol. The van der Waals surface area contributed by atoms with E-state index in [2.05, 4.69) is 0 Å². The molecule has 3 nitrogen and oxygen atoms in total. The minimum absolute atomic E-state index is 1.01. The smallest absolute Gasteiger partial charge is 0.348 e. The highest BCUT2D eigenvalue weighted by molar-refractivity contribution is 5.81. The molecule has 3 N–H and O–H groups in total. The van der Waals surface area contributed by atoms with E-state index in [1.807, 2.05) is 0 Å². The minimum Gasteiger partial charge on any atom is -0.348 e. The van der Waals surface area contributed by atoms with Gasteiger partial charge in [0, 0.05) is 0 Å². The van der Waals surface area contributed by atoms with Gasteiger partial charge >= 0.3 is 24.2 Å². The lowest BCUT2D eigenvalue weighted by Crippen LogP contribution is -2.61. The van der Waals surface area contributed by atoms with E-state index >= 15 is 0 Å². The van der Waals surface area contributed by atoms with Gasteiger partial charge in [-0.05, 0) is 6.92 Å².